The summed E-state index contributed by atoms with van der Waals surface area (Å²) < 4.78 is 15.7. The van der Waals surface area contributed by atoms with Gasteiger partial charge in [0.2, 0.25) is 0 Å². The monoisotopic (exact) mass is 644 g/mol. The minimum absolute atomic E-state index is 0.0135. The van der Waals surface area contributed by atoms with Crippen molar-refractivity contribution in [3.8, 4) is 0 Å². The van der Waals surface area contributed by atoms with Gasteiger partial charge in [-0.15, -0.1) is 0 Å². The van der Waals surface area contributed by atoms with Gasteiger partial charge in [-0.1, -0.05) is 91.0 Å². The number of likely N-dealkylation sites (tertiary alicyclic amines) is 2. The first kappa shape index (κ1) is 34.7. The molecule has 2 saturated heterocycles. The molecule has 0 radical (unpaired) electrons. The zero-order valence-corrected chi connectivity index (χ0v) is 26.2. The van der Waals surface area contributed by atoms with E-state index in [2.05, 4.69) is 0 Å². The SMILES string of the molecule is O=C(C[C@@H]1CCCN1C(=O)OCc1ccccc1)OCC(=O)c1ccccc1.O=C(O)C[C@@H]1CCCN1C(=O)OCc1ccccc1. The van der Waals surface area contributed by atoms with E-state index < -0.39 is 24.1 Å². The van der Waals surface area contributed by atoms with E-state index in [9.17, 15) is 24.0 Å². The van der Waals surface area contributed by atoms with Gasteiger partial charge >= 0.3 is 24.1 Å². The summed E-state index contributed by atoms with van der Waals surface area (Å²) in [5.74, 6) is -1.62. The highest BCUT2D eigenvalue weighted by atomic mass is 16.6. The van der Waals surface area contributed by atoms with E-state index >= 15 is 0 Å². The van der Waals surface area contributed by atoms with Crippen LogP contribution in [0.5, 0.6) is 0 Å². The molecule has 11 nitrogen and oxygen atoms in total. The zero-order valence-electron chi connectivity index (χ0n) is 26.2. The minimum atomic E-state index is -0.882. The van der Waals surface area contributed by atoms with Crippen molar-refractivity contribution in [2.24, 2.45) is 0 Å². The molecule has 248 valence electrons. The molecule has 2 amide bonds. The Hall–Kier alpha value is -5.19. The molecule has 1 N–H and O–H groups in total. The van der Waals surface area contributed by atoms with E-state index in [0.29, 0.717) is 25.1 Å². The fourth-order valence-electron chi connectivity index (χ4n) is 5.49. The number of esters is 1. The van der Waals surface area contributed by atoms with E-state index in [0.717, 1.165) is 30.4 Å². The van der Waals surface area contributed by atoms with Crippen molar-refractivity contribution in [2.75, 3.05) is 19.7 Å². The Labute approximate surface area is 274 Å². The van der Waals surface area contributed by atoms with Crippen LogP contribution < -0.4 is 0 Å². The summed E-state index contributed by atoms with van der Waals surface area (Å²) in [6, 6.07) is 27.0. The number of rotatable bonds is 11. The molecule has 2 aliphatic heterocycles. The highest BCUT2D eigenvalue weighted by Crippen LogP contribution is 2.23. The lowest BCUT2D eigenvalue weighted by atomic mass is 10.1. The van der Waals surface area contributed by atoms with Gasteiger partial charge in [-0.2, -0.15) is 0 Å². The number of carbonyl (C=O) groups is 5. The van der Waals surface area contributed by atoms with Crippen molar-refractivity contribution >= 4 is 29.9 Å². The summed E-state index contributed by atoms with van der Waals surface area (Å²) in [5, 5.41) is 8.80. The summed E-state index contributed by atoms with van der Waals surface area (Å²) in [6.45, 7) is 1.24. The molecule has 2 heterocycles. The Morgan fingerprint density at radius 3 is 1.53 bits per heavy atom. The van der Waals surface area contributed by atoms with E-state index in [1.807, 2.05) is 66.7 Å². The van der Waals surface area contributed by atoms with Gasteiger partial charge in [0.05, 0.1) is 12.8 Å². The molecule has 3 aromatic rings. The smallest absolute Gasteiger partial charge is 0.410 e. The number of benzene rings is 3. The fourth-order valence-corrected chi connectivity index (χ4v) is 5.49. The molecule has 0 aliphatic carbocycles. The van der Waals surface area contributed by atoms with Crippen LogP contribution in [-0.4, -0.2) is 76.6 Å². The van der Waals surface area contributed by atoms with Crippen LogP contribution in [0, 0.1) is 0 Å². The number of carboxylic acid groups (broad SMARTS) is 1. The van der Waals surface area contributed by atoms with Crippen molar-refractivity contribution in [1.29, 1.82) is 0 Å². The molecule has 2 fully saturated rings. The molecule has 0 bridgehead atoms. The average Bonchev–Trinajstić information content (AvgIpc) is 3.76. The van der Waals surface area contributed by atoms with Gasteiger partial charge in [0.1, 0.15) is 13.2 Å². The first-order valence-electron chi connectivity index (χ1n) is 15.7. The average molecular weight is 645 g/mol. The summed E-state index contributed by atoms with van der Waals surface area (Å²) >= 11 is 0. The topological polar surface area (TPSA) is 140 Å². The van der Waals surface area contributed by atoms with Gasteiger partial charge in [0.25, 0.3) is 0 Å². The maximum absolute atomic E-state index is 12.4. The van der Waals surface area contributed by atoms with E-state index in [1.54, 1.807) is 29.2 Å². The third kappa shape index (κ3) is 11.3. The third-order valence-corrected chi connectivity index (χ3v) is 7.91. The van der Waals surface area contributed by atoms with Gasteiger partial charge in [0.15, 0.2) is 12.4 Å². The Balaban J connectivity index is 0.000000229. The standard InChI is InChI=1S/C22H23NO5.C14H17NO4/c24-20(18-10-5-2-6-11-18)16-27-21(25)14-19-12-7-13-23(19)22(26)28-15-17-8-3-1-4-9-17;16-13(17)9-12-7-4-8-15(12)14(18)19-10-11-5-2-1-3-6-11/h1-6,8-11,19H,7,12-16H2;1-3,5-6,12H,4,7-10H2,(H,16,17)/t19-;12-/m00/s1. The van der Waals surface area contributed by atoms with Gasteiger partial charge < -0.3 is 29.1 Å². The van der Waals surface area contributed by atoms with Crippen LogP contribution in [0.25, 0.3) is 0 Å². The van der Waals surface area contributed by atoms with Gasteiger partial charge in [0, 0.05) is 30.7 Å². The molecular weight excluding hydrogens is 604 g/mol. The maximum atomic E-state index is 12.4. The highest BCUT2D eigenvalue weighted by Gasteiger charge is 2.33. The largest absolute Gasteiger partial charge is 0.481 e. The van der Waals surface area contributed by atoms with Crippen molar-refractivity contribution in [3.63, 3.8) is 0 Å². The molecule has 5 rings (SSSR count). The number of Topliss-reactive ketones (excluding diaryl/α,β-unsaturated/α-hetero) is 1. The number of ketones is 1. The number of nitrogens with zero attached hydrogens (tertiary/aromatic N) is 2. The van der Waals surface area contributed by atoms with Gasteiger partial charge in [-0.25, -0.2) is 9.59 Å². The number of ether oxygens (including phenoxy) is 3. The maximum Gasteiger partial charge on any atom is 0.410 e. The fraction of sp³-hybridized carbons (Fsp3) is 0.361. The molecular formula is C36H40N2O9. The normalized spacial score (nSPS) is 16.9. The predicted octanol–water partition coefficient (Wildman–Crippen LogP) is 5.87. The van der Waals surface area contributed by atoms with Crippen LogP contribution >= 0.6 is 0 Å². The van der Waals surface area contributed by atoms with Crippen molar-refractivity contribution in [2.45, 2.75) is 63.8 Å². The molecule has 0 saturated carbocycles. The van der Waals surface area contributed by atoms with E-state index in [-0.39, 0.29) is 50.5 Å². The van der Waals surface area contributed by atoms with Crippen molar-refractivity contribution in [3.05, 3.63) is 108 Å². The van der Waals surface area contributed by atoms with Crippen molar-refractivity contribution < 1.29 is 43.3 Å². The van der Waals surface area contributed by atoms with E-state index in [1.165, 1.54) is 4.90 Å². The molecule has 3 aromatic carbocycles. The summed E-state index contributed by atoms with van der Waals surface area (Å²) in [7, 11) is 0. The number of carbonyl (C=O) groups excluding carboxylic acids is 4. The van der Waals surface area contributed by atoms with Gasteiger partial charge in [-0.3, -0.25) is 14.4 Å². The van der Waals surface area contributed by atoms with Crippen LogP contribution in [0.1, 0.15) is 60.0 Å². The van der Waals surface area contributed by atoms with Crippen LogP contribution in [-0.2, 0) is 37.0 Å². The lowest BCUT2D eigenvalue weighted by Crippen LogP contribution is -2.37. The first-order valence-corrected chi connectivity index (χ1v) is 15.7. The number of amides is 2. The minimum Gasteiger partial charge on any atom is -0.481 e. The number of carboxylic acids is 1. The Morgan fingerprint density at radius 2 is 1.06 bits per heavy atom. The second-order valence-corrected chi connectivity index (χ2v) is 11.3. The molecule has 0 spiro atoms. The van der Waals surface area contributed by atoms with E-state index in [4.69, 9.17) is 19.3 Å². The van der Waals surface area contributed by atoms with Crippen LogP contribution in [0.15, 0.2) is 91.0 Å². The summed E-state index contributed by atoms with van der Waals surface area (Å²) in [4.78, 5) is 62.2. The molecule has 0 unspecified atom stereocenters. The Bertz CT molecular complexity index is 1470. The molecule has 11 heteroatoms. The van der Waals surface area contributed by atoms with Crippen LogP contribution in [0.3, 0.4) is 0 Å². The predicted molar refractivity (Wildman–Crippen MR) is 171 cm³/mol. The number of hydrogen-bond donors (Lipinski definition) is 1. The molecule has 0 aromatic heterocycles. The van der Waals surface area contributed by atoms with Crippen LogP contribution in [0.4, 0.5) is 9.59 Å². The van der Waals surface area contributed by atoms with Crippen molar-refractivity contribution in [1.82, 2.24) is 9.80 Å². The Kier molecular flexibility index (Phi) is 13.3. The molecule has 2 aliphatic rings. The van der Waals surface area contributed by atoms with Gasteiger partial charge in [-0.05, 0) is 36.8 Å². The molecule has 47 heavy (non-hydrogen) atoms. The Morgan fingerprint density at radius 1 is 0.617 bits per heavy atom. The summed E-state index contributed by atoms with van der Waals surface area (Å²) in [6.07, 6.45) is 2.27. The number of hydrogen-bond acceptors (Lipinski definition) is 8. The third-order valence-electron chi connectivity index (χ3n) is 7.91. The molecule has 2 atom stereocenters. The second-order valence-electron chi connectivity index (χ2n) is 11.3. The number of aliphatic carboxylic acids is 1. The summed E-state index contributed by atoms with van der Waals surface area (Å²) in [5.41, 5.74) is 2.33. The lowest BCUT2D eigenvalue weighted by Gasteiger charge is -2.23. The van der Waals surface area contributed by atoms with Crippen LogP contribution in [0.2, 0.25) is 0 Å². The second kappa shape index (κ2) is 18.1. The highest BCUT2D eigenvalue weighted by molar-refractivity contribution is 5.97. The first-order chi connectivity index (χ1) is 22.8. The zero-order chi connectivity index (χ0) is 33.4. The lowest BCUT2D eigenvalue weighted by molar-refractivity contribution is -0.143. The quantitative estimate of drug-likeness (QED) is 0.154.